The van der Waals surface area contributed by atoms with Gasteiger partial charge in [0, 0.05) is 50.7 Å². The second-order valence-electron chi connectivity index (χ2n) is 9.05. The first-order valence-corrected chi connectivity index (χ1v) is 13.5. The van der Waals surface area contributed by atoms with E-state index in [1.165, 1.54) is 38.5 Å². The minimum Gasteiger partial charge on any atom is -0.691 e. The molecule has 2 amide bonds. The van der Waals surface area contributed by atoms with E-state index < -0.39 is 11.2 Å². The monoisotopic (exact) mass is 548 g/mol. The number of hydrogen-bond donors (Lipinski definition) is 2. The van der Waals surface area contributed by atoms with Gasteiger partial charge in [-0.2, -0.15) is 14.7 Å². The average molecular weight is 549 g/mol. The van der Waals surface area contributed by atoms with Crippen LogP contribution in [-0.2, 0) is 19.0 Å². The Bertz CT molecular complexity index is 748. The van der Waals surface area contributed by atoms with Crippen LogP contribution in [0.5, 0.6) is 0 Å². The van der Waals surface area contributed by atoms with Crippen LogP contribution in [0.3, 0.4) is 0 Å². The molecule has 0 aromatic carbocycles. The molecule has 204 valence electrons. The summed E-state index contributed by atoms with van der Waals surface area (Å²) in [5, 5.41) is 36.1. The van der Waals surface area contributed by atoms with Crippen LogP contribution in [0.15, 0.2) is 10.2 Å². The van der Waals surface area contributed by atoms with Crippen molar-refractivity contribution in [2.24, 2.45) is 10.2 Å². The zero-order valence-corrected chi connectivity index (χ0v) is 25.7. The molecule has 37 heavy (non-hydrogen) atoms. The number of rotatable bonds is 22. The molecule has 0 aliphatic rings. The van der Waals surface area contributed by atoms with Gasteiger partial charge in [-0.05, 0) is 19.8 Å². The number of nitrogens with one attached hydrogen (secondary N) is 2. The summed E-state index contributed by atoms with van der Waals surface area (Å²) in [6.45, 7) is 13.6. The Morgan fingerprint density at radius 2 is 1.57 bits per heavy atom. The second-order valence-corrected chi connectivity index (χ2v) is 9.83. The average Bonchev–Trinajstić information content (AvgIpc) is 2.88. The van der Waals surface area contributed by atoms with Crippen molar-refractivity contribution in [3.63, 3.8) is 0 Å². The summed E-state index contributed by atoms with van der Waals surface area (Å²) in [5.41, 5.74) is -2.55. The fourth-order valence-corrected chi connectivity index (χ4v) is 3.42. The van der Waals surface area contributed by atoms with Gasteiger partial charge in [0.2, 0.25) is 11.8 Å². The Morgan fingerprint density at radius 1 is 1.00 bits per heavy atom. The Kier molecular flexibility index (Phi) is 24.4. The first-order chi connectivity index (χ1) is 17.2. The van der Waals surface area contributed by atoms with E-state index >= 15 is 0 Å². The van der Waals surface area contributed by atoms with Crippen molar-refractivity contribution in [3.05, 3.63) is 11.4 Å². The molecule has 2 N–H and O–H groups in total. The number of nitriles is 1. The van der Waals surface area contributed by atoms with Gasteiger partial charge in [0.1, 0.15) is 0 Å². The standard InChI is InChI=1S/C24H42N6O5S.Na/c1-5-6-7-8-9-10-11-12-17-27-21(31)13-15-23(2,20-25)29-30-24(3,26-4)16-14-22(32)28-18-19-36-35-34-33;/h33H,5-19H2,1-3H3,(H,27,31)(H,28,32);/q;+1/p-1. The van der Waals surface area contributed by atoms with E-state index in [-0.39, 0.29) is 73.6 Å². The molecule has 0 fully saturated rings. The summed E-state index contributed by atoms with van der Waals surface area (Å²) < 4.78 is 4.09. The van der Waals surface area contributed by atoms with E-state index in [9.17, 15) is 20.1 Å². The molecule has 0 rings (SSSR count). The van der Waals surface area contributed by atoms with Gasteiger partial charge in [-0.25, -0.2) is 6.57 Å². The number of azo groups is 1. The molecule has 0 bridgehead atoms. The van der Waals surface area contributed by atoms with Gasteiger partial charge in [0.15, 0.2) is 5.54 Å². The zero-order valence-electron chi connectivity index (χ0n) is 22.8. The summed E-state index contributed by atoms with van der Waals surface area (Å²) in [4.78, 5) is 27.6. The smallest absolute Gasteiger partial charge is 0.691 e. The van der Waals surface area contributed by atoms with Gasteiger partial charge in [0.25, 0.3) is 0 Å². The van der Waals surface area contributed by atoms with Gasteiger partial charge < -0.3 is 15.9 Å². The number of amides is 2. The predicted octanol–water partition coefficient (Wildman–Crippen LogP) is 1.17. The molecule has 0 spiro atoms. The minimum atomic E-state index is -1.30. The van der Waals surface area contributed by atoms with E-state index in [4.69, 9.17) is 6.57 Å². The third kappa shape index (κ3) is 21.4. The number of nitrogens with zero attached hydrogens (tertiary/aromatic N) is 4. The quantitative estimate of drug-likeness (QED) is 0.0392. The molecule has 0 saturated heterocycles. The number of hydrogen-bond acceptors (Lipinski definition) is 9. The zero-order chi connectivity index (χ0) is 27.1. The first-order valence-electron chi connectivity index (χ1n) is 12.6. The maximum atomic E-state index is 12.2. The summed E-state index contributed by atoms with van der Waals surface area (Å²) in [5.74, 6) is -0.106. The van der Waals surface area contributed by atoms with Crippen LogP contribution in [0.1, 0.15) is 97.8 Å². The molecule has 13 heteroatoms. The van der Waals surface area contributed by atoms with Crippen LogP contribution in [0.2, 0.25) is 0 Å². The fourth-order valence-electron chi connectivity index (χ4n) is 3.13. The second kappa shape index (κ2) is 23.8. The molecule has 0 aliphatic carbocycles. The van der Waals surface area contributed by atoms with E-state index in [1.807, 2.05) is 0 Å². The van der Waals surface area contributed by atoms with Crippen LogP contribution in [0.4, 0.5) is 0 Å². The number of unbranched alkanes of at least 4 members (excludes halogenated alkanes) is 7. The van der Waals surface area contributed by atoms with Gasteiger partial charge in [-0.3, -0.25) is 19.5 Å². The fraction of sp³-hybridized carbons (Fsp3) is 0.833. The summed E-state index contributed by atoms with van der Waals surface area (Å²) in [6, 6.07) is 2.08. The molecule has 0 aromatic heterocycles. The third-order valence-electron chi connectivity index (χ3n) is 5.57. The Balaban J connectivity index is 0. The van der Waals surface area contributed by atoms with E-state index in [0.717, 1.165) is 24.9 Å². The van der Waals surface area contributed by atoms with Crippen molar-refractivity contribution in [2.45, 2.75) is 109 Å². The molecule has 0 radical (unpaired) electrons. The van der Waals surface area contributed by atoms with Crippen LogP contribution < -0.4 is 45.4 Å². The number of carbonyl (C=O) groups is 2. The van der Waals surface area contributed by atoms with E-state index in [0.29, 0.717) is 12.3 Å². The number of carbonyl (C=O) groups excluding carboxylic acids is 2. The van der Waals surface area contributed by atoms with Crippen LogP contribution in [0.25, 0.3) is 4.85 Å². The van der Waals surface area contributed by atoms with Crippen molar-refractivity contribution >= 4 is 23.9 Å². The Labute approximate surface area is 248 Å². The molecule has 0 saturated carbocycles. The molecule has 0 aromatic rings. The van der Waals surface area contributed by atoms with E-state index in [2.05, 4.69) is 48.1 Å². The predicted molar refractivity (Wildman–Crippen MR) is 136 cm³/mol. The van der Waals surface area contributed by atoms with Crippen molar-refractivity contribution in [1.82, 2.24) is 10.6 Å². The van der Waals surface area contributed by atoms with Crippen molar-refractivity contribution in [1.29, 1.82) is 5.26 Å². The van der Waals surface area contributed by atoms with Gasteiger partial charge in [-0.1, -0.05) is 51.9 Å². The van der Waals surface area contributed by atoms with Gasteiger partial charge in [-0.15, -0.1) is 5.11 Å². The maximum Gasteiger partial charge on any atom is 1.00 e. The topological polar surface area (TPSA) is 153 Å². The molecule has 2 unspecified atom stereocenters. The first kappa shape index (κ1) is 37.9. The molecular weight excluding hydrogens is 507 g/mol. The largest absolute Gasteiger partial charge is 1.00 e. The van der Waals surface area contributed by atoms with E-state index in [1.54, 1.807) is 13.8 Å². The van der Waals surface area contributed by atoms with Crippen molar-refractivity contribution in [3.8, 4) is 6.07 Å². The molecule has 0 heterocycles. The van der Waals surface area contributed by atoms with Gasteiger partial charge in [0.05, 0.1) is 12.5 Å². The molecular formula is C24H41N6NaO5S. The minimum absolute atomic E-state index is 0. The SMILES string of the molecule is [C-]#[N+]C(C)(CCC(=O)NCCSOO[O-])N=NC(C)(C#N)CCC(=O)NCCCCCCCCCC.[Na+]. The van der Waals surface area contributed by atoms with Crippen molar-refractivity contribution < 1.29 is 53.8 Å². The van der Waals surface area contributed by atoms with Crippen LogP contribution >= 0.6 is 12.0 Å². The van der Waals surface area contributed by atoms with Crippen LogP contribution in [0, 0.1) is 17.9 Å². The van der Waals surface area contributed by atoms with Crippen molar-refractivity contribution in [2.75, 3.05) is 18.8 Å². The summed E-state index contributed by atoms with van der Waals surface area (Å²) in [7, 11) is 0. The molecule has 11 nitrogen and oxygen atoms in total. The van der Waals surface area contributed by atoms with Crippen LogP contribution in [-0.4, -0.2) is 41.9 Å². The Morgan fingerprint density at radius 3 is 2.14 bits per heavy atom. The molecule has 0 aliphatic heterocycles. The summed E-state index contributed by atoms with van der Waals surface area (Å²) >= 11 is 0.763. The third-order valence-corrected chi connectivity index (χ3v) is 6.09. The normalized spacial score (nSPS) is 14.0. The molecule has 2 atom stereocenters. The summed E-state index contributed by atoms with van der Waals surface area (Å²) in [6.07, 6.45) is 10.0. The maximum absolute atomic E-state index is 12.2. The van der Waals surface area contributed by atoms with Gasteiger partial charge >= 0.3 is 35.2 Å². The Hall–Kier alpha value is -1.25.